The number of carboxylic acid groups (broad SMARTS) is 1. The Morgan fingerprint density at radius 2 is 1.89 bits per heavy atom. The second-order valence-electron chi connectivity index (χ2n) is 6.13. The minimum atomic E-state index is -1.04. The summed E-state index contributed by atoms with van der Waals surface area (Å²) in [6, 6.07) is 7.56. The van der Waals surface area contributed by atoms with E-state index >= 15 is 0 Å². The monoisotopic (exact) mass is 384 g/mol. The molecule has 0 aliphatic carbocycles. The van der Waals surface area contributed by atoms with Gasteiger partial charge in [-0.3, -0.25) is 14.0 Å². The first-order valence-electron chi connectivity index (χ1n) is 8.49. The quantitative estimate of drug-likeness (QED) is 0.640. The Balaban J connectivity index is 1.90. The molecule has 1 amide bonds. The lowest BCUT2D eigenvalue weighted by molar-refractivity contribution is -0.137. The Hall–Kier alpha value is -3.62. The average Bonchev–Trinajstić information content (AvgIpc) is 3.06. The average molecular weight is 384 g/mol. The summed E-state index contributed by atoms with van der Waals surface area (Å²) in [7, 11) is 3.00. The number of amides is 1. The van der Waals surface area contributed by atoms with Crippen LogP contribution in [0.3, 0.4) is 0 Å². The third-order valence-electron chi connectivity index (χ3n) is 4.33. The van der Waals surface area contributed by atoms with Gasteiger partial charge < -0.3 is 19.9 Å². The number of carboxylic acids is 1. The Labute approximate surface area is 160 Å². The molecular weight excluding hydrogens is 364 g/mol. The summed E-state index contributed by atoms with van der Waals surface area (Å²) in [4.78, 5) is 24.1. The highest BCUT2D eigenvalue weighted by molar-refractivity contribution is 5.94. The van der Waals surface area contributed by atoms with Gasteiger partial charge in [0.15, 0.2) is 17.1 Å². The fourth-order valence-corrected chi connectivity index (χ4v) is 2.88. The summed E-state index contributed by atoms with van der Waals surface area (Å²) in [5.74, 6) is 0.166. The lowest BCUT2D eigenvalue weighted by Gasteiger charge is -2.19. The first kappa shape index (κ1) is 19.2. The Kier molecular flexibility index (Phi) is 5.44. The number of aliphatic carboxylic acids is 1. The number of aromatic nitrogens is 3. The number of methoxy groups -OCH3 is 2. The summed E-state index contributed by atoms with van der Waals surface area (Å²) in [6.07, 6.45) is 1.33. The van der Waals surface area contributed by atoms with Crippen molar-refractivity contribution >= 4 is 17.5 Å². The van der Waals surface area contributed by atoms with Crippen LogP contribution in [0, 0.1) is 6.92 Å². The number of fused-ring (bicyclic) bond motifs is 1. The molecule has 0 bridgehead atoms. The van der Waals surface area contributed by atoms with E-state index < -0.39 is 17.9 Å². The second-order valence-corrected chi connectivity index (χ2v) is 6.13. The van der Waals surface area contributed by atoms with Crippen LogP contribution in [0.5, 0.6) is 11.5 Å². The summed E-state index contributed by atoms with van der Waals surface area (Å²) in [5.41, 5.74) is 1.58. The summed E-state index contributed by atoms with van der Waals surface area (Å²) in [5, 5.41) is 20.0. The number of hydrogen-bond acceptors (Lipinski definition) is 6. The second kappa shape index (κ2) is 7.95. The molecule has 3 rings (SSSR count). The van der Waals surface area contributed by atoms with E-state index in [1.165, 1.54) is 14.2 Å². The van der Waals surface area contributed by atoms with Crippen LogP contribution in [0.25, 0.3) is 5.65 Å². The van der Waals surface area contributed by atoms with Gasteiger partial charge >= 0.3 is 5.97 Å². The van der Waals surface area contributed by atoms with E-state index in [0.717, 1.165) is 0 Å². The van der Waals surface area contributed by atoms with Gasteiger partial charge in [-0.25, -0.2) is 0 Å². The van der Waals surface area contributed by atoms with Gasteiger partial charge in [0, 0.05) is 6.20 Å². The number of nitrogens with zero attached hydrogens (tertiary/aromatic N) is 3. The van der Waals surface area contributed by atoms with Crippen LogP contribution in [0.1, 0.15) is 34.2 Å². The molecule has 9 nitrogen and oxygen atoms in total. The molecule has 0 saturated carbocycles. The maximum atomic E-state index is 12.8. The maximum absolute atomic E-state index is 12.8. The van der Waals surface area contributed by atoms with Crippen LogP contribution in [0.2, 0.25) is 0 Å². The third kappa shape index (κ3) is 3.88. The topological polar surface area (TPSA) is 115 Å². The van der Waals surface area contributed by atoms with Gasteiger partial charge in [0.05, 0.1) is 32.2 Å². The number of aryl methyl sites for hydroxylation is 1. The van der Waals surface area contributed by atoms with Crippen molar-refractivity contribution in [1.29, 1.82) is 0 Å². The van der Waals surface area contributed by atoms with Crippen molar-refractivity contribution in [3.8, 4) is 11.5 Å². The standard InChI is InChI=1S/C19H20N4O5/c1-11-21-22-17-7-5-13(10-23(11)17)19(26)20-14(9-18(24)25)12-4-6-15(27-2)16(8-12)28-3/h4-8,10,14H,9H2,1-3H3,(H,20,26)(H,24,25). The van der Waals surface area contributed by atoms with Gasteiger partial charge in [0.25, 0.3) is 5.91 Å². The van der Waals surface area contributed by atoms with E-state index in [2.05, 4.69) is 15.5 Å². The maximum Gasteiger partial charge on any atom is 0.305 e. The normalized spacial score (nSPS) is 11.8. The Morgan fingerprint density at radius 3 is 2.57 bits per heavy atom. The summed E-state index contributed by atoms with van der Waals surface area (Å²) in [6.45, 7) is 1.78. The molecule has 3 aromatic rings. The first-order chi connectivity index (χ1) is 13.4. The Morgan fingerprint density at radius 1 is 1.14 bits per heavy atom. The van der Waals surface area contributed by atoms with Crippen molar-refractivity contribution in [3.63, 3.8) is 0 Å². The number of rotatable bonds is 7. The zero-order valence-corrected chi connectivity index (χ0v) is 15.7. The molecule has 2 heterocycles. The van der Waals surface area contributed by atoms with Gasteiger partial charge in [-0.2, -0.15) is 0 Å². The lowest BCUT2D eigenvalue weighted by atomic mass is 10.0. The van der Waals surface area contributed by atoms with Crippen LogP contribution in [0.4, 0.5) is 0 Å². The van der Waals surface area contributed by atoms with Crippen molar-refractivity contribution in [3.05, 3.63) is 53.5 Å². The first-order valence-corrected chi connectivity index (χ1v) is 8.49. The molecule has 0 fully saturated rings. The number of benzene rings is 1. The molecule has 2 aromatic heterocycles. The van der Waals surface area contributed by atoms with Crippen LogP contribution < -0.4 is 14.8 Å². The molecule has 1 aromatic carbocycles. The smallest absolute Gasteiger partial charge is 0.305 e. The van der Waals surface area contributed by atoms with E-state index in [4.69, 9.17) is 9.47 Å². The fraction of sp³-hybridized carbons (Fsp3) is 0.263. The van der Waals surface area contributed by atoms with Gasteiger partial charge in [-0.1, -0.05) is 6.07 Å². The highest BCUT2D eigenvalue weighted by Crippen LogP contribution is 2.31. The molecule has 146 valence electrons. The summed E-state index contributed by atoms with van der Waals surface area (Å²) < 4.78 is 12.2. The van der Waals surface area contributed by atoms with Gasteiger partial charge in [-0.05, 0) is 36.8 Å². The molecule has 0 saturated heterocycles. The van der Waals surface area contributed by atoms with E-state index in [9.17, 15) is 14.7 Å². The molecule has 1 atom stereocenters. The van der Waals surface area contributed by atoms with Crippen molar-refractivity contribution in [1.82, 2.24) is 19.9 Å². The van der Waals surface area contributed by atoms with Crippen molar-refractivity contribution in [2.45, 2.75) is 19.4 Å². The van der Waals surface area contributed by atoms with E-state index in [1.807, 2.05) is 0 Å². The zero-order valence-electron chi connectivity index (χ0n) is 15.7. The van der Waals surface area contributed by atoms with E-state index in [-0.39, 0.29) is 6.42 Å². The minimum Gasteiger partial charge on any atom is -0.493 e. The van der Waals surface area contributed by atoms with Crippen molar-refractivity contribution in [2.24, 2.45) is 0 Å². The molecule has 0 radical (unpaired) electrons. The summed E-state index contributed by atoms with van der Waals surface area (Å²) >= 11 is 0. The highest BCUT2D eigenvalue weighted by Gasteiger charge is 2.21. The molecule has 0 spiro atoms. The van der Waals surface area contributed by atoms with Crippen molar-refractivity contribution in [2.75, 3.05) is 14.2 Å². The number of pyridine rings is 1. The molecular formula is C19H20N4O5. The van der Waals surface area contributed by atoms with Gasteiger partial charge in [0.2, 0.25) is 0 Å². The van der Waals surface area contributed by atoms with Crippen LogP contribution in [0.15, 0.2) is 36.5 Å². The number of carbonyl (C=O) groups is 2. The van der Waals surface area contributed by atoms with Crippen LogP contribution >= 0.6 is 0 Å². The van der Waals surface area contributed by atoms with Crippen LogP contribution in [-0.4, -0.2) is 45.8 Å². The van der Waals surface area contributed by atoms with Crippen molar-refractivity contribution < 1.29 is 24.2 Å². The predicted octanol–water partition coefficient (Wildman–Crippen LogP) is 2.00. The molecule has 1 unspecified atom stereocenters. The highest BCUT2D eigenvalue weighted by atomic mass is 16.5. The van der Waals surface area contributed by atoms with Gasteiger partial charge in [0.1, 0.15) is 5.82 Å². The largest absolute Gasteiger partial charge is 0.493 e. The molecule has 0 aliphatic heterocycles. The van der Waals surface area contributed by atoms with Crippen LogP contribution in [-0.2, 0) is 4.79 Å². The van der Waals surface area contributed by atoms with E-state index in [0.29, 0.717) is 34.1 Å². The number of nitrogens with one attached hydrogen (secondary N) is 1. The number of hydrogen-bond donors (Lipinski definition) is 2. The number of ether oxygens (including phenoxy) is 2. The van der Waals surface area contributed by atoms with E-state index in [1.54, 1.807) is 47.9 Å². The SMILES string of the molecule is COc1ccc(C(CC(=O)O)NC(=O)c2ccc3nnc(C)n3c2)cc1OC. The molecule has 9 heteroatoms. The zero-order chi connectivity index (χ0) is 20.3. The molecule has 0 aliphatic rings. The molecule has 2 N–H and O–H groups in total. The lowest BCUT2D eigenvalue weighted by Crippen LogP contribution is -2.30. The minimum absolute atomic E-state index is 0.283. The molecule has 28 heavy (non-hydrogen) atoms. The Bertz CT molecular complexity index is 1030. The number of carbonyl (C=O) groups excluding carboxylic acids is 1. The third-order valence-corrected chi connectivity index (χ3v) is 4.33. The van der Waals surface area contributed by atoms with Gasteiger partial charge in [-0.15, -0.1) is 10.2 Å². The fourth-order valence-electron chi connectivity index (χ4n) is 2.88. The predicted molar refractivity (Wildman–Crippen MR) is 99.7 cm³/mol.